The second kappa shape index (κ2) is 10.3. The Morgan fingerprint density at radius 3 is 2.46 bits per heavy atom. The fourth-order valence-electron chi connectivity index (χ4n) is 3.19. The van der Waals surface area contributed by atoms with Gasteiger partial charge in [-0.25, -0.2) is 4.99 Å². The second-order valence-corrected chi connectivity index (χ2v) is 6.77. The summed E-state index contributed by atoms with van der Waals surface area (Å²) >= 11 is 0. The molecule has 1 fully saturated rings. The topological polar surface area (TPSA) is 39.7 Å². The van der Waals surface area contributed by atoms with Crippen molar-refractivity contribution in [3.05, 3.63) is 35.4 Å². The van der Waals surface area contributed by atoms with Crippen LogP contribution in [0.5, 0.6) is 0 Å². The monoisotopic (exact) mass is 330 g/mol. The van der Waals surface area contributed by atoms with Gasteiger partial charge in [-0.3, -0.25) is 0 Å². The zero-order chi connectivity index (χ0) is 17.2. The molecule has 0 amide bonds. The SMILES string of the molecule is CCNC(=NCc1ccc(C)cc1)NCCC1CCN(CC)CC1. The second-order valence-electron chi connectivity index (χ2n) is 6.77. The maximum absolute atomic E-state index is 4.71. The zero-order valence-electron chi connectivity index (χ0n) is 15.6. The molecule has 1 aliphatic heterocycles. The highest BCUT2D eigenvalue weighted by Gasteiger charge is 2.17. The summed E-state index contributed by atoms with van der Waals surface area (Å²) in [6.07, 6.45) is 3.92. The number of aliphatic imine (C=N–C) groups is 1. The van der Waals surface area contributed by atoms with Crippen LogP contribution in [0.15, 0.2) is 29.3 Å². The van der Waals surface area contributed by atoms with Crippen LogP contribution in [-0.4, -0.2) is 43.6 Å². The van der Waals surface area contributed by atoms with Crippen molar-refractivity contribution in [3.63, 3.8) is 0 Å². The van der Waals surface area contributed by atoms with Gasteiger partial charge < -0.3 is 15.5 Å². The van der Waals surface area contributed by atoms with Gasteiger partial charge >= 0.3 is 0 Å². The summed E-state index contributed by atoms with van der Waals surface area (Å²) in [4.78, 5) is 7.26. The first-order valence-electron chi connectivity index (χ1n) is 9.51. The highest BCUT2D eigenvalue weighted by atomic mass is 15.2. The van der Waals surface area contributed by atoms with Crippen LogP contribution in [0, 0.1) is 12.8 Å². The van der Waals surface area contributed by atoms with Crippen molar-refractivity contribution in [2.45, 2.75) is 46.6 Å². The first-order valence-corrected chi connectivity index (χ1v) is 9.51. The van der Waals surface area contributed by atoms with Gasteiger partial charge in [0.1, 0.15) is 0 Å². The quantitative estimate of drug-likeness (QED) is 0.596. The Bertz CT molecular complexity index is 487. The summed E-state index contributed by atoms with van der Waals surface area (Å²) in [5.41, 5.74) is 2.55. The number of rotatable bonds is 7. The summed E-state index contributed by atoms with van der Waals surface area (Å²) in [6, 6.07) is 8.61. The Balaban J connectivity index is 1.74. The molecule has 0 aliphatic carbocycles. The normalized spacial score (nSPS) is 17.0. The Kier molecular flexibility index (Phi) is 8.10. The van der Waals surface area contributed by atoms with Gasteiger partial charge in [0.15, 0.2) is 5.96 Å². The van der Waals surface area contributed by atoms with E-state index in [0.29, 0.717) is 0 Å². The lowest BCUT2D eigenvalue weighted by atomic mass is 9.93. The Labute approximate surface area is 147 Å². The number of nitrogens with zero attached hydrogens (tertiary/aromatic N) is 2. The minimum atomic E-state index is 0.727. The molecule has 4 heteroatoms. The van der Waals surface area contributed by atoms with Crippen LogP contribution in [0.4, 0.5) is 0 Å². The summed E-state index contributed by atoms with van der Waals surface area (Å²) < 4.78 is 0. The molecule has 0 atom stereocenters. The molecule has 1 saturated heterocycles. The predicted molar refractivity (Wildman–Crippen MR) is 103 cm³/mol. The highest BCUT2D eigenvalue weighted by Crippen LogP contribution is 2.19. The third-order valence-corrected chi connectivity index (χ3v) is 4.88. The van der Waals surface area contributed by atoms with Gasteiger partial charge in [0.25, 0.3) is 0 Å². The summed E-state index contributed by atoms with van der Waals surface area (Å²) in [5.74, 6) is 1.80. The number of aryl methyl sites for hydroxylation is 1. The van der Waals surface area contributed by atoms with Gasteiger partial charge in [-0.1, -0.05) is 36.8 Å². The number of benzene rings is 1. The van der Waals surface area contributed by atoms with Crippen molar-refractivity contribution in [1.29, 1.82) is 0 Å². The molecule has 0 bridgehead atoms. The maximum Gasteiger partial charge on any atom is 0.191 e. The van der Waals surface area contributed by atoms with Crippen molar-refractivity contribution in [2.75, 3.05) is 32.7 Å². The van der Waals surface area contributed by atoms with E-state index in [-0.39, 0.29) is 0 Å². The van der Waals surface area contributed by atoms with E-state index >= 15 is 0 Å². The van der Waals surface area contributed by atoms with Crippen LogP contribution < -0.4 is 10.6 Å². The van der Waals surface area contributed by atoms with Crippen LogP contribution in [-0.2, 0) is 6.54 Å². The number of guanidine groups is 1. The van der Waals surface area contributed by atoms with Crippen molar-refractivity contribution in [2.24, 2.45) is 10.9 Å². The van der Waals surface area contributed by atoms with Gasteiger partial charge in [0.2, 0.25) is 0 Å². The predicted octanol–water partition coefficient (Wildman–Crippen LogP) is 3.17. The van der Waals surface area contributed by atoms with Crippen molar-refractivity contribution >= 4 is 5.96 Å². The van der Waals surface area contributed by atoms with E-state index < -0.39 is 0 Å². The molecular weight excluding hydrogens is 296 g/mol. The summed E-state index contributed by atoms with van der Waals surface area (Å²) in [6.45, 7) is 12.9. The number of likely N-dealkylation sites (tertiary alicyclic amines) is 1. The Morgan fingerprint density at radius 2 is 1.83 bits per heavy atom. The number of hydrogen-bond donors (Lipinski definition) is 2. The molecule has 2 N–H and O–H groups in total. The van der Waals surface area contributed by atoms with E-state index in [1.165, 1.54) is 50.0 Å². The van der Waals surface area contributed by atoms with Crippen molar-refractivity contribution in [1.82, 2.24) is 15.5 Å². The smallest absolute Gasteiger partial charge is 0.191 e. The van der Waals surface area contributed by atoms with E-state index in [0.717, 1.165) is 31.5 Å². The number of hydrogen-bond acceptors (Lipinski definition) is 2. The lowest BCUT2D eigenvalue weighted by molar-refractivity contribution is 0.187. The highest BCUT2D eigenvalue weighted by molar-refractivity contribution is 5.79. The zero-order valence-corrected chi connectivity index (χ0v) is 15.6. The molecular formula is C20H34N4. The van der Waals surface area contributed by atoms with Gasteiger partial charge in [-0.15, -0.1) is 0 Å². The average molecular weight is 331 g/mol. The maximum atomic E-state index is 4.71. The molecule has 0 unspecified atom stereocenters. The lowest BCUT2D eigenvalue weighted by Gasteiger charge is -2.31. The largest absolute Gasteiger partial charge is 0.357 e. The molecule has 1 aromatic carbocycles. The van der Waals surface area contributed by atoms with Crippen LogP contribution >= 0.6 is 0 Å². The molecule has 1 aromatic rings. The molecule has 2 rings (SSSR count). The average Bonchev–Trinajstić information content (AvgIpc) is 2.61. The van der Waals surface area contributed by atoms with Gasteiger partial charge in [-0.2, -0.15) is 0 Å². The van der Waals surface area contributed by atoms with E-state index in [9.17, 15) is 0 Å². The van der Waals surface area contributed by atoms with Crippen molar-refractivity contribution < 1.29 is 0 Å². The lowest BCUT2D eigenvalue weighted by Crippen LogP contribution is -2.39. The molecule has 0 spiro atoms. The molecule has 24 heavy (non-hydrogen) atoms. The fraction of sp³-hybridized carbons (Fsp3) is 0.650. The number of piperidine rings is 1. The van der Waals surface area contributed by atoms with Gasteiger partial charge in [-0.05, 0) is 64.2 Å². The molecule has 1 aliphatic rings. The third kappa shape index (κ3) is 6.52. The van der Waals surface area contributed by atoms with Crippen LogP contribution in [0.3, 0.4) is 0 Å². The fourth-order valence-corrected chi connectivity index (χ4v) is 3.19. The summed E-state index contributed by atoms with van der Waals surface area (Å²) in [5, 5.41) is 6.85. The van der Waals surface area contributed by atoms with Crippen LogP contribution in [0.2, 0.25) is 0 Å². The number of nitrogens with one attached hydrogen (secondary N) is 2. The minimum Gasteiger partial charge on any atom is -0.357 e. The van der Waals surface area contributed by atoms with Crippen LogP contribution in [0.1, 0.15) is 44.2 Å². The molecule has 0 aromatic heterocycles. The van der Waals surface area contributed by atoms with Gasteiger partial charge in [0.05, 0.1) is 6.54 Å². The van der Waals surface area contributed by atoms with E-state index in [2.05, 4.69) is 60.6 Å². The first-order chi connectivity index (χ1) is 11.7. The third-order valence-electron chi connectivity index (χ3n) is 4.88. The van der Waals surface area contributed by atoms with E-state index in [4.69, 9.17) is 4.99 Å². The molecule has 4 nitrogen and oxygen atoms in total. The van der Waals surface area contributed by atoms with E-state index in [1.54, 1.807) is 0 Å². The summed E-state index contributed by atoms with van der Waals surface area (Å²) in [7, 11) is 0. The standard InChI is InChI=1S/C20H34N4/c1-4-21-20(23-16-19-8-6-17(3)7-9-19)22-13-10-18-11-14-24(5-2)15-12-18/h6-9,18H,4-5,10-16H2,1-3H3,(H2,21,22,23). The molecule has 134 valence electrons. The van der Waals surface area contributed by atoms with Crippen LogP contribution in [0.25, 0.3) is 0 Å². The van der Waals surface area contributed by atoms with Gasteiger partial charge in [0, 0.05) is 13.1 Å². The Hall–Kier alpha value is -1.55. The molecule has 1 heterocycles. The van der Waals surface area contributed by atoms with E-state index in [1.807, 2.05) is 0 Å². The minimum absolute atomic E-state index is 0.727. The Morgan fingerprint density at radius 1 is 1.12 bits per heavy atom. The molecule has 0 saturated carbocycles. The first kappa shape index (κ1) is 18.8. The van der Waals surface area contributed by atoms with Crippen molar-refractivity contribution in [3.8, 4) is 0 Å². The molecule has 0 radical (unpaired) electrons.